The first-order valence-electron chi connectivity index (χ1n) is 12.2. The third kappa shape index (κ3) is 6.58. The standard InChI is InChI=1S/C29H29ClN4O4/c1-18-3-6-20(30)13-24(18)25-15-28(36)34(16-27(25)38-2)26(14-21(31)11-12-32-22-9-10-22)29(37)33-23-7-4-19(17-35)5-8-23/h3-8,11-13,15-17,22,26H,9-10,14,31H2,1-2H3,(H,33,37). The largest absolute Gasteiger partial charge is 0.495 e. The number of aldehydes is 1. The summed E-state index contributed by atoms with van der Waals surface area (Å²) in [5, 5.41) is 3.35. The minimum atomic E-state index is -0.984. The number of nitrogens with zero attached hydrogens (tertiary/aromatic N) is 2. The number of methoxy groups -OCH3 is 1. The van der Waals surface area contributed by atoms with Crippen LogP contribution in [0.3, 0.4) is 0 Å². The summed E-state index contributed by atoms with van der Waals surface area (Å²) >= 11 is 6.22. The van der Waals surface area contributed by atoms with Gasteiger partial charge < -0.3 is 15.8 Å². The van der Waals surface area contributed by atoms with E-state index in [4.69, 9.17) is 22.1 Å². The van der Waals surface area contributed by atoms with Crippen molar-refractivity contribution in [3.05, 3.63) is 93.0 Å². The number of hydrogen-bond acceptors (Lipinski definition) is 6. The van der Waals surface area contributed by atoms with Crippen LogP contribution in [-0.2, 0) is 4.79 Å². The number of amides is 1. The molecule has 1 unspecified atom stereocenters. The summed E-state index contributed by atoms with van der Waals surface area (Å²) in [5.74, 6) is -0.0453. The van der Waals surface area contributed by atoms with Gasteiger partial charge in [-0.05, 0) is 73.4 Å². The molecule has 1 aromatic heterocycles. The molecular formula is C29H29ClN4O4. The predicted molar refractivity (Wildman–Crippen MR) is 150 cm³/mol. The fourth-order valence-electron chi connectivity index (χ4n) is 3.99. The minimum absolute atomic E-state index is 0.0630. The van der Waals surface area contributed by atoms with E-state index in [1.165, 1.54) is 23.9 Å². The number of aromatic nitrogens is 1. The summed E-state index contributed by atoms with van der Waals surface area (Å²) in [4.78, 5) is 42.3. The van der Waals surface area contributed by atoms with Crippen LogP contribution in [0.5, 0.6) is 5.75 Å². The van der Waals surface area contributed by atoms with Gasteiger partial charge in [0.15, 0.2) is 0 Å². The Morgan fingerprint density at radius 3 is 2.61 bits per heavy atom. The zero-order valence-electron chi connectivity index (χ0n) is 21.2. The lowest BCUT2D eigenvalue weighted by Gasteiger charge is -2.22. The van der Waals surface area contributed by atoms with Crippen molar-refractivity contribution in [1.82, 2.24) is 4.57 Å². The molecule has 1 heterocycles. The molecule has 196 valence electrons. The van der Waals surface area contributed by atoms with Crippen molar-refractivity contribution in [1.29, 1.82) is 0 Å². The Morgan fingerprint density at radius 2 is 1.95 bits per heavy atom. The van der Waals surface area contributed by atoms with Gasteiger partial charge in [-0.3, -0.25) is 23.9 Å². The van der Waals surface area contributed by atoms with Crippen molar-refractivity contribution in [2.24, 2.45) is 10.7 Å². The van der Waals surface area contributed by atoms with Gasteiger partial charge in [-0.1, -0.05) is 17.7 Å². The maximum Gasteiger partial charge on any atom is 0.252 e. The minimum Gasteiger partial charge on any atom is -0.495 e. The maximum absolute atomic E-state index is 13.5. The number of rotatable bonds is 10. The quantitative estimate of drug-likeness (QED) is 0.283. The molecule has 1 atom stereocenters. The lowest BCUT2D eigenvalue weighted by molar-refractivity contribution is -0.119. The monoisotopic (exact) mass is 532 g/mol. The van der Waals surface area contributed by atoms with Crippen LogP contribution in [0, 0.1) is 6.92 Å². The lowest BCUT2D eigenvalue weighted by Crippen LogP contribution is -2.34. The van der Waals surface area contributed by atoms with Crippen LogP contribution >= 0.6 is 11.6 Å². The van der Waals surface area contributed by atoms with Gasteiger partial charge in [-0.15, -0.1) is 0 Å². The highest BCUT2D eigenvalue weighted by atomic mass is 35.5. The summed E-state index contributed by atoms with van der Waals surface area (Å²) in [6.07, 6.45) is 7.73. The molecule has 3 N–H and O–H groups in total. The molecule has 1 fully saturated rings. The topological polar surface area (TPSA) is 116 Å². The molecule has 9 heteroatoms. The molecule has 0 saturated heterocycles. The number of benzene rings is 2. The van der Waals surface area contributed by atoms with E-state index >= 15 is 0 Å². The van der Waals surface area contributed by atoms with Gasteiger partial charge in [-0.25, -0.2) is 0 Å². The molecule has 1 aliphatic rings. The molecule has 4 rings (SSSR count). The van der Waals surface area contributed by atoms with Crippen molar-refractivity contribution < 1.29 is 14.3 Å². The predicted octanol–water partition coefficient (Wildman–Crippen LogP) is 4.94. The first-order chi connectivity index (χ1) is 18.3. The second-order valence-electron chi connectivity index (χ2n) is 9.18. The third-order valence-electron chi connectivity index (χ3n) is 6.27. The molecule has 2 aromatic carbocycles. The smallest absolute Gasteiger partial charge is 0.252 e. The van der Waals surface area contributed by atoms with E-state index < -0.39 is 17.5 Å². The van der Waals surface area contributed by atoms with E-state index in [-0.39, 0.29) is 6.42 Å². The van der Waals surface area contributed by atoms with Crippen LogP contribution in [0.25, 0.3) is 11.1 Å². The number of aliphatic imine (C=N–C) groups is 1. The van der Waals surface area contributed by atoms with Gasteiger partial charge in [0.1, 0.15) is 18.1 Å². The van der Waals surface area contributed by atoms with E-state index in [0.29, 0.717) is 39.3 Å². The van der Waals surface area contributed by atoms with Gasteiger partial charge in [0.2, 0.25) is 5.91 Å². The van der Waals surface area contributed by atoms with Gasteiger partial charge in [0.25, 0.3) is 5.56 Å². The first-order valence-corrected chi connectivity index (χ1v) is 12.6. The Morgan fingerprint density at radius 1 is 1.21 bits per heavy atom. The van der Waals surface area contributed by atoms with Gasteiger partial charge in [0, 0.05) is 46.2 Å². The Bertz CT molecular complexity index is 1460. The molecular weight excluding hydrogens is 504 g/mol. The molecule has 1 aliphatic carbocycles. The van der Waals surface area contributed by atoms with E-state index in [1.54, 1.807) is 48.7 Å². The molecule has 0 radical (unpaired) electrons. The van der Waals surface area contributed by atoms with E-state index in [1.807, 2.05) is 13.0 Å². The van der Waals surface area contributed by atoms with Crippen LogP contribution < -0.4 is 21.3 Å². The number of nitrogens with one attached hydrogen (secondary N) is 1. The van der Waals surface area contributed by atoms with Gasteiger partial charge >= 0.3 is 0 Å². The van der Waals surface area contributed by atoms with Crippen LogP contribution in [0.2, 0.25) is 5.02 Å². The Hall–Kier alpha value is -4.17. The number of ether oxygens (including phenoxy) is 1. The number of hydrogen-bond donors (Lipinski definition) is 2. The number of carbonyl (C=O) groups excluding carboxylic acids is 2. The molecule has 38 heavy (non-hydrogen) atoms. The summed E-state index contributed by atoms with van der Waals surface area (Å²) in [5.41, 5.74) is 9.45. The van der Waals surface area contributed by atoms with Crippen molar-refractivity contribution in [3.63, 3.8) is 0 Å². The molecule has 8 nitrogen and oxygen atoms in total. The summed E-state index contributed by atoms with van der Waals surface area (Å²) in [6, 6.07) is 12.6. The SMILES string of the molecule is COc1cn(C(CC(N)=CC=NC2CC2)C(=O)Nc2ccc(C=O)cc2)c(=O)cc1-c1cc(Cl)ccc1C. The number of carbonyl (C=O) groups is 2. The van der Waals surface area contributed by atoms with Crippen LogP contribution in [-0.4, -0.2) is 36.1 Å². The van der Waals surface area contributed by atoms with E-state index in [0.717, 1.165) is 30.3 Å². The molecule has 0 spiro atoms. The summed E-state index contributed by atoms with van der Waals surface area (Å²) in [6.45, 7) is 1.91. The van der Waals surface area contributed by atoms with Crippen LogP contribution in [0.4, 0.5) is 5.69 Å². The van der Waals surface area contributed by atoms with Crippen LogP contribution in [0.1, 0.15) is 41.2 Å². The van der Waals surface area contributed by atoms with Gasteiger partial charge in [-0.2, -0.15) is 0 Å². The molecule has 0 aliphatic heterocycles. The van der Waals surface area contributed by atoms with Crippen LogP contribution in [0.15, 0.2) is 76.3 Å². The average molecular weight is 533 g/mol. The molecule has 1 amide bonds. The molecule has 1 saturated carbocycles. The number of pyridine rings is 1. The molecule has 0 bridgehead atoms. The zero-order valence-corrected chi connectivity index (χ0v) is 21.9. The fraction of sp³-hybridized carbons (Fsp3) is 0.241. The van der Waals surface area contributed by atoms with Crippen molar-refractivity contribution in [2.45, 2.75) is 38.3 Å². The highest BCUT2D eigenvalue weighted by Crippen LogP contribution is 2.33. The third-order valence-corrected chi connectivity index (χ3v) is 6.50. The Kier molecular flexibility index (Phi) is 8.43. The van der Waals surface area contributed by atoms with E-state index in [2.05, 4.69) is 10.3 Å². The fourth-order valence-corrected chi connectivity index (χ4v) is 4.17. The highest BCUT2D eigenvalue weighted by molar-refractivity contribution is 6.30. The number of aryl methyl sites for hydroxylation is 1. The van der Waals surface area contributed by atoms with Crippen molar-refractivity contribution in [2.75, 3.05) is 12.4 Å². The summed E-state index contributed by atoms with van der Waals surface area (Å²) in [7, 11) is 1.50. The summed E-state index contributed by atoms with van der Waals surface area (Å²) < 4.78 is 6.95. The second-order valence-corrected chi connectivity index (χ2v) is 9.62. The maximum atomic E-state index is 13.5. The Labute approximate surface area is 225 Å². The van der Waals surface area contributed by atoms with Crippen molar-refractivity contribution >= 4 is 35.7 Å². The normalized spacial score (nSPS) is 14.3. The average Bonchev–Trinajstić information content (AvgIpc) is 3.73. The molecule has 3 aromatic rings. The van der Waals surface area contributed by atoms with Gasteiger partial charge in [0.05, 0.1) is 19.3 Å². The highest BCUT2D eigenvalue weighted by Gasteiger charge is 2.25. The van der Waals surface area contributed by atoms with Crippen molar-refractivity contribution in [3.8, 4) is 16.9 Å². The first kappa shape index (κ1) is 26.9. The second kappa shape index (κ2) is 11.9. The number of nitrogens with two attached hydrogens (primary N) is 1. The lowest BCUT2D eigenvalue weighted by atomic mass is 10.0. The number of anilines is 1. The zero-order chi connectivity index (χ0) is 27.2. The Balaban J connectivity index is 1.72. The van der Waals surface area contributed by atoms with E-state index in [9.17, 15) is 14.4 Å². The number of halogens is 1. The number of allylic oxidation sites excluding steroid dienone is 2.